The van der Waals surface area contributed by atoms with Crippen LogP contribution in [0.15, 0.2) is 12.2 Å². The molecule has 0 aliphatic carbocycles. The number of hydrogen-bond acceptors (Lipinski definition) is 2. The zero-order chi connectivity index (χ0) is 14.3. The van der Waals surface area contributed by atoms with Crippen LogP contribution in [0.4, 0.5) is 0 Å². The van der Waals surface area contributed by atoms with Crippen LogP contribution in [0, 0.1) is 5.92 Å². The van der Waals surface area contributed by atoms with Crippen LogP contribution in [0.5, 0.6) is 0 Å². The molecule has 0 fully saturated rings. The molecule has 112 valence electrons. The Kier molecular flexibility index (Phi) is 13.1. The van der Waals surface area contributed by atoms with E-state index in [9.17, 15) is 4.79 Å². The lowest BCUT2D eigenvalue weighted by Crippen LogP contribution is -1.99. The molecule has 0 aromatic heterocycles. The zero-order valence-electron chi connectivity index (χ0n) is 13.1. The Bertz CT molecular complexity index is 231. The number of hydrogen-bond donors (Lipinski definition) is 0. The predicted molar refractivity (Wildman–Crippen MR) is 82.2 cm³/mol. The van der Waals surface area contributed by atoms with E-state index in [2.05, 4.69) is 30.7 Å². The number of allylic oxidation sites excluding steroid dienone is 2. The average molecular weight is 268 g/mol. The Balaban J connectivity index is 3.12. The fraction of sp³-hybridized carbons (Fsp3) is 0.824. The maximum absolute atomic E-state index is 10.9. The van der Waals surface area contributed by atoms with Crippen molar-refractivity contribution in [3.63, 3.8) is 0 Å². The van der Waals surface area contributed by atoms with E-state index < -0.39 is 0 Å². The van der Waals surface area contributed by atoms with Gasteiger partial charge in [0.25, 0.3) is 0 Å². The molecule has 2 heteroatoms. The van der Waals surface area contributed by atoms with E-state index in [-0.39, 0.29) is 5.97 Å². The first-order chi connectivity index (χ1) is 9.16. The number of ether oxygens (including phenoxy) is 1. The highest BCUT2D eigenvalue weighted by Gasteiger charge is 1.98. The van der Waals surface area contributed by atoms with E-state index in [1.165, 1.54) is 52.1 Å². The van der Waals surface area contributed by atoms with E-state index in [1.807, 2.05) is 0 Å². The summed E-state index contributed by atoms with van der Waals surface area (Å²) in [7, 11) is 1.46. The van der Waals surface area contributed by atoms with Crippen molar-refractivity contribution in [2.75, 3.05) is 7.11 Å². The number of methoxy groups -OCH3 is 1. The first kappa shape index (κ1) is 18.2. The van der Waals surface area contributed by atoms with Crippen LogP contribution in [0.25, 0.3) is 0 Å². The van der Waals surface area contributed by atoms with Crippen molar-refractivity contribution in [3.05, 3.63) is 12.2 Å². The van der Waals surface area contributed by atoms with Crippen molar-refractivity contribution >= 4 is 5.97 Å². The molecule has 0 rings (SSSR count). The molecule has 0 amide bonds. The van der Waals surface area contributed by atoms with E-state index >= 15 is 0 Å². The minimum atomic E-state index is -0.0773. The molecule has 0 saturated heterocycles. The Morgan fingerprint density at radius 2 is 1.53 bits per heavy atom. The molecule has 0 aromatic rings. The molecule has 0 unspecified atom stereocenters. The highest BCUT2D eigenvalue weighted by Crippen LogP contribution is 2.10. The maximum atomic E-state index is 10.9. The fourth-order valence-electron chi connectivity index (χ4n) is 2.01. The van der Waals surface area contributed by atoms with Crippen molar-refractivity contribution < 1.29 is 9.53 Å². The van der Waals surface area contributed by atoms with Crippen molar-refractivity contribution in [1.82, 2.24) is 0 Å². The van der Waals surface area contributed by atoms with Crippen LogP contribution in [-0.2, 0) is 9.53 Å². The third-order valence-electron chi connectivity index (χ3n) is 3.31. The molecular formula is C17H32O2. The van der Waals surface area contributed by atoms with Crippen LogP contribution in [0.2, 0.25) is 0 Å². The van der Waals surface area contributed by atoms with Crippen LogP contribution >= 0.6 is 0 Å². The standard InChI is InChI=1S/C17H32O2/c1-16(2)14-12-10-8-6-4-5-7-9-11-13-15-17(18)19-3/h8,10,16H,4-7,9,11-15H2,1-3H3/b10-8+. The number of unbranched alkanes of at least 4 members (excludes halogenated alkanes) is 6. The van der Waals surface area contributed by atoms with Gasteiger partial charge in [0.15, 0.2) is 0 Å². The third kappa shape index (κ3) is 15.2. The molecule has 19 heavy (non-hydrogen) atoms. The SMILES string of the molecule is COC(=O)CCCCCCCC/C=C/CCC(C)C. The van der Waals surface area contributed by atoms with Crippen LogP contribution in [0.1, 0.15) is 78.1 Å². The molecule has 0 radical (unpaired) electrons. The van der Waals surface area contributed by atoms with E-state index in [0.29, 0.717) is 6.42 Å². The van der Waals surface area contributed by atoms with Gasteiger partial charge in [-0.3, -0.25) is 4.79 Å². The van der Waals surface area contributed by atoms with Crippen LogP contribution < -0.4 is 0 Å². The molecule has 0 aliphatic rings. The lowest BCUT2D eigenvalue weighted by atomic mass is 10.1. The summed E-state index contributed by atoms with van der Waals surface area (Å²) < 4.78 is 4.61. The van der Waals surface area contributed by atoms with Gasteiger partial charge < -0.3 is 4.74 Å². The second-order valence-corrected chi connectivity index (χ2v) is 5.68. The lowest BCUT2D eigenvalue weighted by Gasteiger charge is -2.01. The predicted octanol–water partition coefficient (Wildman–Crippen LogP) is 5.27. The van der Waals surface area contributed by atoms with Gasteiger partial charge in [-0.25, -0.2) is 0 Å². The summed E-state index contributed by atoms with van der Waals surface area (Å²) in [6.45, 7) is 4.54. The third-order valence-corrected chi connectivity index (χ3v) is 3.31. The van der Waals surface area contributed by atoms with Crippen LogP contribution in [-0.4, -0.2) is 13.1 Å². The molecule has 0 aromatic carbocycles. The van der Waals surface area contributed by atoms with Gasteiger partial charge in [0.1, 0.15) is 0 Å². The summed E-state index contributed by atoms with van der Waals surface area (Å²) in [5, 5.41) is 0. The Morgan fingerprint density at radius 3 is 2.16 bits per heavy atom. The monoisotopic (exact) mass is 268 g/mol. The largest absolute Gasteiger partial charge is 0.469 e. The minimum Gasteiger partial charge on any atom is -0.469 e. The van der Waals surface area contributed by atoms with Crippen molar-refractivity contribution in [1.29, 1.82) is 0 Å². The second kappa shape index (κ2) is 13.6. The van der Waals surface area contributed by atoms with Gasteiger partial charge in [0.05, 0.1) is 7.11 Å². The molecule has 2 nitrogen and oxygen atoms in total. The Morgan fingerprint density at radius 1 is 0.947 bits per heavy atom. The smallest absolute Gasteiger partial charge is 0.305 e. The first-order valence-electron chi connectivity index (χ1n) is 7.88. The number of carbonyl (C=O) groups excluding carboxylic acids is 1. The molecule has 0 N–H and O–H groups in total. The Hall–Kier alpha value is -0.790. The topological polar surface area (TPSA) is 26.3 Å². The van der Waals surface area contributed by atoms with E-state index in [4.69, 9.17) is 0 Å². The van der Waals surface area contributed by atoms with Gasteiger partial charge in [-0.15, -0.1) is 0 Å². The normalized spacial score (nSPS) is 11.4. The summed E-state index contributed by atoms with van der Waals surface area (Å²) >= 11 is 0. The molecule has 0 atom stereocenters. The van der Waals surface area contributed by atoms with E-state index in [1.54, 1.807) is 0 Å². The summed E-state index contributed by atoms with van der Waals surface area (Å²) in [6, 6.07) is 0. The molecule has 0 aliphatic heterocycles. The summed E-state index contributed by atoms with van der Waals surface area (Å²) in [4.78, 5) is 10.9. The van der Waals surface area contributed by atoms with Gasteiger partial charge >= 0.3 is 5.97 Å². The summed E-state index contributed by atoms with van der Waals surface area (Å²) in [5.41, 5.74) is 0. The fourth-order valence-corrected chi connectivity index (χ4v) is 2.01. The second-order valence-electron chi connectivity index (χ2n) is 5.68. The highest BCUT2D eigenvalue weighted by molar-refractivity contribution is 5.68. The van der Waals surface area contributed by atoms with Gasteiger partial charge in [-0.2, -0.15) is 0 Å². The van der Waals surface area contributed by atoms with Gasteiger partial charge in [-0.05, 0) is 38.0 Å². The van der Waals surface area contributed by atoms with Crippen molar-refractivity contribution in [2.24, 2.45) is 5.92 Å². The zero-order valence-corrected chi connectivity index (χ0v) is 13.1. The van der Waals surface area contributed by atoms with Crippen LogP contribution in [0.3, 0.4) is 0 Å². The number of carbonyl (C=O) groups is 1. The quantitative estimate of drug-likeness (QED) is 0.274. The minimum absolute atomic E-state index is 0.0773. The van der Waals surface area contributed by atoms with Crippen molar-refractivity contribution in [3.8, 4) is 0 Å². The van der Waals surface area contributed by atoms with E-state index in [0.717, 1.165) is 18.8 Å². The summed E-state index contributed by atoms with van der Waals surface area (Å²) in [6.07, 6.45) is 16.3. The van der Waals surface area contributed by atoms with Crippen molar-refractivity contribution in [2.45, 2.75) is 78.1 Å². The van der Waals surface area contributed by atoms with Gasteiger partial charge in [-0.1, -0.05) is 51.7 Å². The van der Waals surface area contributed by atoms with Gasteiger partial charge in [0.2, 0.25) is 0 Å². The Labute approximate surface area is 119 Å². The highest BCUT2D eigenvalue weighted by atomic mass is 16.5. The average Bonchev–Trinajstić information content (AvgIpc) is 2.39. The molecule has 0 spiro atoms. The first-order valence-corrected chi connectivity index (χ1v) is 7.88. The molecular weight excluding hydrogens is 236 g/mol. The molecule has 0 bridgehead atoms. The molecule has 0 saturated carbocycles. The number of esters is 1. The lowest BCUT2D eigenvalue weighted by molar-refractivity contribution is -0.140. The number of rotatable bonds is 12. The molecule has 0 heterocycles. The summed E-state index contributed by atoms with van der Waals surface area (Å²) in [5.74, 6) is 0.737. The maximum Gasteiger partial charge on any atom is 0.305 e. The van der Waals surface area contributed by atoms with Gasteiger partial charge in [0, 0.05) is 6.42 Å².